The van der Waals surface area contributed by atoms with E-state index in [1.807, 2.05) is 12.1 Å². The van der Waals surface area contributed by atoms with Crippen LogP contribution in [0.5, 0.6) is 0 Å². The molecular weight excluding hydrogens is 202 g/mol. The first-order valence-electron chi connectivity index (χ1n) is 5.48. The molecule has 1 rings (SSSR count). The molecule has 0 aromatic carbocycles. The second kappa shape index (κ2) is 5.70. The van der Waals surface area contributed by atoms with Gasteiger partial charge in [-0.3, -0.25) is 0 Å². The Hall–Kier alpha value is -1.29. The fourth-order valence-corrected chi connectivity index (χ4v) is 1.31. The van der Waals surface area contributed by atoms with Crippen LogP contribution in [0, 0.1) is 5.41 Å². The molecule has 0 atom stereocenters. The Morgan fingerprint density at radius 1 is 1.44 bits per heavy atom. The third kappa shape index (κ3) is 4.49. The van der Waals surface area contributed by atoms with Crippen molar-refractivity contribution in [3.8, 4) is 0 Å². The zero-order valence-corrected chi connectivity index (χ0v) is 10.3. The SMILES string of the molecule is COCCC(C)(C)CNc1ccc(N)cn1. The van der Waals surface area contributed by atoms with E-state index in [-0.39, 0.29) is 5.41 Å². The highest BCUT2D eigenvalue weighted by molar-refractivity contribution is 5.43. The van der Waals surface area contributed by atoms with Gasteiger partial charge >= 0.3 is 0 Å². The summed E-state index contributed by atoms with van der Waals surface area (Å²) in [4.78, 5) is 4.19. The summed E-state index contributed by atoms with van der Waals surface area (Å²) < 4.78 is 5.09. The van der Waals surface area contributed by atoms with Gasteiger partial charge in [-0.1, -0.05) is 13.8 Å². The van der Waals surface area contributed by atoms with E-state index in [9.17, 15) is 0 Å². The minimum absolute atomic E-state index is 0.194. The molecule has 1 heterocycles. The van der Waals surface area contributed by atoms with Gasteiger partial charge in [-0.15, -0.1) is 0 Å². The molecule has 4 heteroatoms. The van der Waals surface area contributed by atoms with Gasteiger partial charge in [0.25, 0.3) is 0 Å². The minimum Gasteiger partial charge on any atom is -0.397 e. The number of hydrogen-bond acceptors (Lipinski definition) is 4. The number of anilines is 2. The lowest BCUT2D eigenvalue weighted by atomic mass is 9.90. The van der Waals surface area contributed by atoms with Crippen LogP contribution >= 0.6 is 0 Å². The molecule has 0 saturated heterocycles. The number of ether oxygens (including phenoxy) is 1. The summed E-state index contributed by atoms with van der Waals surface area (Å²) in [5.74, 6) is 0.861. The number of nitrogen functional groups attached to an aromatic ring is 1. The number of nitrogens with zero attached hydrogens (tertiary/aromatic N) is 1. The van der Waals surface area contributed by atoms with Crippen LogP contribution < -0.4 is 11.1 Å². The predicted molar refractivity (Wildman–Crippen MR) is 67.4 cm³/mol. The lowest BCUT2D eigenvalue weighted by Crippen LogP contribution is -2.24. The quantitative estimate of drug-likeness (QED) is 0.775. The van der Waals surface area contributed by atoms with E-state index in [2.05, 4.69) is 24.1 Å². The van der Waals surface area contributed by atoms with Gasteiger partial charge in [0.2, 0.25) is 0 Å². The van der Waals surface area contributed by atoms with Crippen LogP contribution in [0.2, 0.25) is 0 Å². The number of aromatic nitrogens is 1. The van der Waals surface area contributed by atoms with Crippen molar-refractivity contribution in [3.63, 3.8) is 0 Å². The highest BCUT2D eigenvalue weighted by Crippen LogP contribution is 2.20. The maximum absolute atomic E-state index is 5.57. The van der Waals surface area contributed by atoms with E-state index in [1.165, 1.54) is 0 Å². The Bertz CT molecular complexity index is 309. The number of hydrogen-bond donors (Lipinski definition) is 2. The van der Waals surface area contributed by atoms with Crippen LogP contribution in [0.1, 0.15) is 20.3 Å². The first kappa shape index (κ1) is 12.8. The standard InChI is InChI=1S/C12H21N3O/c1-12(2,6-7-16-3)9-15-11-5-4-10(13)8-14-11/h4-5,8H,6-7,9,13H2,1-3H3,(H,14,15). The lowest BCUT2D eigenvalue weighted by Gasteiger charge is -2.24. The van der Waals surface area contributed by atoms with Gasteiger partial charge < -0.3 is 15.8 Å². The number of pyridine rings is 1. The Morgan fingerprint density at radius 2 is 2.19 bits per heavy atom. The Morgan fingerprint density at radius 3 is 2.75 bits per heavy atom. The zero-order valence-electron chi connectivity index (χ0n) is 10.3. The van der Waals surface area contributed by atoms with Crippen molar-refractivity contribution in [3.05, 3.63) is 18.3 Å². The second-order valence-corrected chi connectivity index (χ2v) is 4.74. The second-order valence-electron chi connectivity index (χ2n) is 4.74. The van der Waals surface area contributed by atoms with Crippen LogP contribution in [0.15, 0.2) is 18.3 Å². The van der Waals surface area contributed by atoms with Crippen LogP contribution in [-0.4, -0.2) is 25.2 Å². The summed E-state index contributed by atoms with van der Waals surface area (Å²) in [7, 11) is 1.73. The molecule has 0 bridgehead atoms. The third-order valence-electron chi connectivity index (χ3n) is 2.52. The van der Waals surface area contributed by atoms with Crippen LogP contribution in [0.3, 0.4) is 0 Å². The number of nitrogens with one attached hydrogen (secondary N) is 1. The van der Waals surface area contributed by atoms with Gasteiger partial charge in [-0.05, 0) is 24.0 Å². The molecule has 0 fully saturated rings. The van der Waals surface area contributed by atoms with Crippen molar-refractivity contribution in [1.29, 1.82) is 0 Å². The molecule has 1 aromatic rings. The first-order chi connectivity index (χ1) is 7.53. The van der Waals surface area contributed by atoms with Crippen molar-refractivity contribution in [1.82, 2.24) is 4.98 Å². The summed E-state index contributed by atoms with van der Waals surface area (Å²) in [5, 5.41) is 3.30. The van der Waals surface area contributed by atoms with E-state index in [0.717, 1.165) is 25.4 Å². The maximum Gasteiger partial charge on any atom is 0.126 e. The van der Waals surface area contributed by atoms with E-state index in [4.69, 9.17) is 10.5 Å². The molecule has 0 aliphatic heterocycles. The van der Waals surface area contributed by atoms with Crippen LogP contribution in [0.4, 0.5) is 11.5 Å². The molecule has 1 aromatic heterocycles. The van der Waals surface area contributed by atoms with E-state index >= 15 is 0 Å². The monoisotopic (exact) mass is 223 g/mol. The summed E-state index contributed by atoms with van der Waals surface area (Å²) in [5.41, 5.74) is 6.45. The van der Waals surface area contributed by atoms with E-state index in [0.29, 0.717) is 5.69 Å². The molecular formula is C12H21N3O. The van der Waals surface area contributed by atoms with Gasteiger partial charge in [0.15, 0.2) is 0 Å². The highest BCUT2D eigenvalue weighted by atomic mass is 16.5. The number of rotatable bonds is 6. The molecule has 4 nitrogen and oxygen atoms in total. The molecule has 0 spiro atoms. The highest BCUT2D eigenvalue weighted by Gasteiger charge is 2.17. The Kier molecular flexibility index (Phi) is 4.55. The molecule has 16 heavy (non-hydrogen) atoms. The Labute approximate surface area is 97.2 Å². The summed E-state index contributed by atoms with van der Waals surface area (Å²) in [6, 6.07) is 3.74. The number of nitrogens with two attached hydrogens (primary N) is 1. The fraction of sp³-hybridized carbons (Fsp3) is 0.583. The summed E-state index contributed by atoms with van der Waals surface area (Å²) >= 11 is 0. The first-order valence-corrected chi connectivity index (χ1v) is 5.48. The van der Waals surface area contributed by atoms with Gasteiger partial charge in [-0.2, -0.15) is 0 Å². The van der Waals surface area contributed by atoms with Crippen molar-refractivity contribution in [2.45, 2.75) is 20.3 Å². The van der Waals surface area contributed by atoms with Gasteiger partial charge in [0.05, 0.1) is 11.9 Å². The average Bonchev–Trinajstić information content (AvgIpc) is 2.26. The average molecular weight is 223 g/mol. The molecule has 0 saturated carbocycles. The molecule has 0 radical (unpaired) electrons. The predicted octanol–water partition coefficient (Wildman–Crippen LogP) is 2.14. The van der Waals surface area contributed by atoms with Crippen LogP contribution in [-0.2, 0) is 4.74 Å². The smallest absolute Gasteiger partial charge is 0.126 e. The van der Waals surface area contributed by atoms with Crippen molar-refractivity contribution in [2.24, 2.45) is 5.41 Å². The van der Waals surface area contributed by atoms with E-state index in [1.54, 1.807) is 13.3 Å². The summed E-state index contributed by atoms with van der Waals surface area (Å²) in [6.07, 6.45) is 2.68. The fourth-order valence-electron chi connectivity index (χ4n) is 1.31. The molecule has 90 valence electrons. The zero-order chi connectivity index (χ0) is 12.0. The Balaban J connectivity index is 2.41. The molecule has 0 aliphatic carbocycles. The van der Waals surface area contributed by atoms with Crippen LogP contribution in [0.25, 0.3) is 0 Å². The maximum atomic E-state index is 5.57. The van der Waals surface area contributed by atoms with Gasteiger partial charge in [0, 0.05) is 20.3 Å². The van der Waals surface area contributed by atoms with Crippen molar-refractivity contribution in [2.75, 3.05) is 31.3 Å². The third-order valence-corrected chi connectivity index (χ3v) is 2.52. The van der Waals surface area contributed by atoms with Crippen molar-refractivity contribution < 1.29 is 4.74 Å². The normalized spacial score (nSPS) is 11.4. The molecule has 0 amide bonds. The minimum atomic E-state index is 0.194. The molecule has 0 unspecified atom stereocenters. The summed E-state index contributed by atoms with van der Waals surface area (Å²) in [6.45, 7) is 6.06. The molecule has 0 aliphatic rings. The van der Waals surface area contributed by atoms with Crippen molar-refractivity contribution >= 4 is 11.5 Å². The molecule has 3 N–H and O–H groups in total. The topological polar surface area (TPSA) is 60.2 Å². The largest absolute Gasteiger partial charge is 0.397 e. The van der Waals surface area contributed by atoms with Gasteiger partial charge in [0.1, 0.15) is 5.82 Å². The van der Waals surface area contributed by atoms with Gasteiger partial charge in [-0.25, -0.2) is 4.98 Å². The lowest BCUT2D eigenvalue weighted by molar-refractivity contribution is 0.157. The number of methoxy groups -OCH3 is 1. The van der Waals surface area contributed by atoms with E-state index < -0.39 is 0 Å².